The van der Waals surface area contributed by atoms with Crippen LogP contribution in [-0.4, -0.2) is 43.7 Å². The summed E-state index contributed by atoms with van der Waals surface area (Å²) in [6, 6.07) is 6.77. The number of carbonyl (C=O) groups is 2. The minimum absolute atomic E-state index is 0.0272. The molecule has 0 bridgehead atoms. The van der Waals surface area contributed by atoms with Crippen LogP contribution in [-0.2, 0) is 9.59 Å². The predicted molar refractivity (Wildman–Crippen MR) is 111 cm³/mol. The SMILES string of the molecule is CNC(C(=O)BOc1ccc(NC(C)=O)cc1)C(C)CC(C)SSC. The number of benzene rings is 1. The first-order valence-electron chi connectivity index (χ1n) is 8.27. The van der Waals surface area contributed by atoms with Gasteiger partial charge in [0.25, 0.3) is 0 Å². The number of carbonyl (C=O) groups excluding carboxylic acids is 2. The molecule has 5 nitrogen and oxygen atoms in total. The zero-order valence-electron chi connectivity index (χ0n) is 15.5. The van der Waals surface area contributed by atoms with Crippen LogP contribution in [0.2, 0.25) is 0 Å². The number of nitrogens with one attached hydrogen (secondary N) is 2. The van der Waals surface area contributed by atoms with Crippen molar-refractivity contribution < 1.29 is 14.2 Å². The highest BCUT2D eigenvalue weighted by atomic mass is 33.1. The molecule has 1 amide bonds. The van der Waals surface area contributed by atoms with E-state index >= 15 is 0 Å². The standard InChI is InChI=1S/C17H27BN2O3S2/c1-11(10-12(2)25-24-5)16(19-4)17(22)18-23-15-8-6-14(7-9-15)20-13(3)21/h6-9,11-12,16,18-19H,10H2,1-5H3,(H,20,21). The average Bonchev–Trinajstić information content (AvgIpc) is 2.54. The van der Waals surface area contributed by atoms with Gasteiger partial charge in [-0.05, 0) is 49.9 Å². The van der Waals surface area contributed by atoms with E-state index in [-0.39, 0.29) is 31.0 Å². The molecule has 0 saturated carbocycles. The minimum atomic E-state index is -0.219. The summed E-state index contributed by atoms with van der Waals surface area (Å²) < 4.78 is 5.60. The molecule has 3 atom stereocenters. The maximum atomic E-state index is 12.5. The second-order valence-electron chi connectivity index (χ2n) is 6.01. The number of likely N-dealkylation sites (N-methyl/N-ethyl adjacent to an activating group) is 1. The summed E-state index contributed by atoms with van der Waals surface area (Å²) in [4.78, 5) is 23.5. The highest BCUT2D eigenvalue weighted by molar-refractivity contribution is 8.76. The molecule has 25 heavy (non-hydrogen) atoms. The second kappa shape index (κ2) is 11.5. The molecule has 0 saturated heterocycles. The van der Waals surface area contributed by atoms with Crippen molar-refractivity contribution in [3.8, 4) is 5.75 Å². The number of amides is 1. The van der Waals surface area contributed by atoms with E-state index in [1.54, 1.807) is 35.1 Å². The van der Waals surface area contributed by atoms with E-state index in [4.69, 9.17) is 4.65 Å². The molecular formula is C17H27BN2O3S2. The van der Waals surface area contributed by atoms with Gasteiger partial charge >= 0.3 is 7.48 Å². The lowest BCUT2D eigenvalue weighted by atomic mass is 9.80. The number of anilines is 1. The Hall–Kier alpha value is -1.12. The molecule has 138 valence electrons. The van der Waals surface area contributed by atoms with Gasteiger partial charge in [-0.2, -0.15) is 0 Å². The molecule has 0 aliphatic carbocycles. The van der Waals surface area contributed by atoms with Crippen LogP contribution < -0.4 is 15.3 Å². The topological polar surface area (TPSA) is 67.4 Å². The van der Waals surface area contributed by atoms with Crippen LogP contribution in [0.25, 0.3) is 0 Å². The van der Waals surface area contributed by atoms with Gasteiger partial charge in [-0.3, -0.25) is 4.79 Å². The van der Waals surface area contributed by atoms with Crippen molar-refractivity contribution in [1.82, 2.24) is 5.32 Å². The summed E-state index contributed by atoms with van der Waals surface area (Å²) >= 11 is 0. The molecule has 0 heterocycles. The second-order valence-corrected chi connectivity index (χ2v) is 8.92. The Bertz CT molecular complexity index is 557. The quantitative estimate of drug-likeness (QED) is 0.453. The zero-order valence-corrected chi connectivity index (χ0v) is 17.1. The van der Waals surface area contributed by atoms with E-state index in [0.29, 0.717) is 16.7 Å². The van der Waals surface area contributed by atoms with Crippen molar-refractivity contribution >= 4 is 46.3 Å². The Morgan fingerprint density at radius 3 is 2.40 bits per heavy atom. The van der Waals surface area contributed by atoms with Crippen molar-refractivity contribution in [2.45, 2.75) is 38.5 Å². The van der Waals surface area contributed by atoms with Gasteiger partial charge < -0.3 is 20.1 Å². The molecule has 1 rings (SSSR count). The fourth-order valence-corrected chi connectivity index (χ4v) is 4.64. The monoisotopic (exact) mass is 382 g/mol. The van der Waals surface area contributed by atoms with E-state index in [0.717, 1.165) is 6.42 Å². The smallest absolute Gasteiger partial charge is 0.414 e. The van der Waals surface area contributed by atoms with E-state index in [1.165, 1.54) is 6.92 Å². The van der Waals surface area contributed by atoms with Gasteiger partial charge in [-0.25, -0.2) is 0 Å². The number of hydrogen-bond donors (Lipinski definition) is 2. The number of hydrogen-bond acceptors (Lipinski definition) is 6. The summed E-state index contributed by atoms with van der Waals surface area (Å²) in [5.74, 6) is 0.720. The maximum Gasteiger partial charge on any atom is 0.414 e. The molecule has 0 radical (unpaired) electrons. The molecule has 0 fully saturated rings. The lowest BCUT2D eigenvalue weighted by Crippen LogP contribution is -2.44. The molecule has 3 unspecified atom stereocenters. The van der Waals surface area contributed by atoms with Crippen LogP contribution >= 0.6 is 21.6 Å². The van der Waals surface area contributed by atoms with Gasteiger partial charge in [-0.15, -0.1) is 0 Å². The molecule has 0 spiro atoms. The van der Waals surface area contributed by atoms with Crippen molar-refractivity contribution in [2.24, 2.45) is 5.92 Å². The van der Waals surface area contributed by atoms with Gasteiger partial charge in [0.2, 0.25) is 5.91 Å². The Balaban J connectivity index is 2.53. The number of rotatable bonds is 11. The summed E-state index contributed by atoms with van der Waals surface area (Å²) in [5.41, 5.74) is 0.746. The predicted octanol–water partition coefficient (Wildman–Crippen LogP) is 2.92. The molecule has 0 aliphatic heterocycles. The first kappa shape index (κ1) is 21.9. The highest BCUT2D eigenvalue weighted by Gasteiger charge is 2.26. The average molecular weight is 382 g/mol. The Kier molecular flexibility index (Phi) is 10.1. The highest BCUT2D eigenvalue weighted by Crippen LogP contribution is 2.29. The third kappa shape index (κ3) is 8.20. The molecule has 2 N–H and O–H groups in total. The summed E-state index contributed by atoms with van der Waals surface area (Å²) in [6.45, 7) is 5.74. The van der Waals surface area contributed by atoms with E-state index in [2.05, 4.69) is 30.7 Å². The molecular weight excluding hydrogens is 355 g/mol. The lowest BCUT2D eigenvalue weighted by molar-refractivity contribution is -0.115. The summed E-state index contributed by atoms with van der Waals surface area (Å²) in [7, 11) is 5.42. The van der Waals surface area contributed by atoms with Crippen LogP contribution in [0.3, 0.4) is 0 Å². The lowest BCUT2D eigenvalue weighted by Gasteiger charge is -2.24. The van der Waals surface area contributed by atoms with Gasteiger partial charge in [0.05, 0.1) is 11.8 Å². The molecule has 0 aromatic heterocycles. The van der Waals surface area contributed by atoms with Crippen molar-refractivity contribution in [2.75, 3.05) is 18.6 Å². The molecule has 0 aliphatic rings. The normalized spacial score (nSPS) is 14.3. The van der Waals surface area contributed by atoms with Gasteiger partial charge in [0.1, 0.15) is 0 Å². The van der Waals surface area contributed by atoms with Crippen LogP contribution in [0.5, 0.6) is 5.75 Å². The fraction of sp³-hybridized carbons (Fsp3) is 0.529. The van der Waals surface area contributed by atoms with Crippen LogP contribution in [0.4, 0.5) is 5.69 Å². The maximum absolute atomic E-state index is 12.5. The van der Waals surface area contributed by atoms with E-state index in [1.807, 2.05) is 17.8 Å². The minimum Gasteiger partial charge on any atom is -0.556 e. The Morgan fingerprint density at radius 1 is 1.24 bits per heavy atom. The molecule has 1 aromatic carbocycles. The summed E-state index contributed by atoms with van der Waals surface area (Å²) in [5, 5.41) is 6.31. The first-order valence-corrected chi connectivity index (χ1v) is 10.9. The van der Waals surface area contributed by atoms with Gasteiger partial charge in [-0.1, -0.05) is 35.4 Å². The molecule has 1 aromatic rings. The van der Waals surface area contributed by atoms with Gasteiger partial charge in [0, 0.05) is 17.9 Å². The Morgan fingerprint density at radius 2 is 1.88 bits per heavy atom. The molecule has 8 heteroatoms. The third-order valence-corrected chi connectivity index (χ3v) is 6.02. The van der Waals surface area contributed by atoms with Crippen molar-refractivity contribution in [3.63, 3.8) is 0 Å². The van der Waals surface area contributed by atoms with Crippen LogP contribution in [0.15, 0.2) is 24.3 Å². The van der Waals surface area contributed by atoms with Crippen molar-refractivity contribution in [3.05, 3.63) is 24.3 Å². The zero-order chi connectivity index (χ0) is 18.8. The van der Waals surface area contributed by atoms with Crippen LogP contribution in [0, 0.1) is 5.92 Å². The van der Waals surface area contributed by atoms with E-state index in [9.17, 15) is 9.59 Å². The van der Waals surface area contributed by atoms with Crippen LogP contribution in [0.1, 0.15) is 27.2 Å². The van der Waals surface area contributed by atoms with Crippen molar-refractivity contribution in [1.29, 1.82) is 0 Å². The van der Waals surface area contributed by atoms with E-state index < -0.39 is 0 Å². The Labute approximate surface area is 159 Å². The third-order valence-electron chi connectivity index (χ3n) is 3.75. The summed E-state index contributed by atoms with van der Waals surface area (Å²) in [6.07, 6.45) is 3.03. The van der Waals surface area contributed by atoms with Gasteiger partial charge in [0.15, 0.2) is 5.68 Å². The first-order chi connectivity index (χ1) is 11.9. The fourth-order valence-electron chi connectivity index (χ4n) is 2.71. The largest absolute Gasteiger partial charge is 0.556 e.